The van der Waals surface area contributed by atoms with Crippen LogP contribution in [0.15, 0.2) is 15.6 Å². The maximum Gasteiger partial charge on any atom is 0.410 e. The summed E-state index contributed by atoms with van der Waals surface area (Å²) in [6, 6.07) is 4.52. The van der Waals surface area contributed by atoms with Crippen molar-refractivity contribution in [2.45, 2.75) is 89.9 Å². The zero-order valence-electron chi connectivity index (χ0n) is 31.4. The largest absolute Gasteiger partial charge is 0.445 e. The van der Waals surface area contributed by atoms with Crippen LogP contribution in [-0.4, -0.2) is 119 Å². The lowest BCUT2D eigenvalue weighted by Gasteiger charge is -2.36. The van der Waals surface area contributed by atoms with Crippen molar-refractivity contribution in [3.8, 4) is 35.4 Å². The lowest BCUT2D eigenvalue weighted by Crippen LogP contribution is -2.50. The van der Waals surface area contributed by atoms with Crippen LogP contribution in [-0.2, 0) is 16.6 Å². The Bertz CT molecular complexity index is 1910. The summed E-state index contributed by atoms with van der Waals surface area (Å²) in [5, 5.41) is 15.4. The number of likely N-dealkylation sites (tertiary alicyclic amines) is 1. The quantitative estimate of drug-likeness (QED) is 0.170. The van der Waals surface area contributed by atoms with E-state index in [2.05, 4.69) is 51.8 Å². The van der Waals surface area contributed by atoms with E-state index in [9.17, 15) is 10.1 Å². The van der Waals surface area contributed by atoms with Gasteiger partial charge in [-0.15, -0.1) is 17.3 Å². The number of nitriles is 1. The van der Waals surface area contributed by atoms with Gasteiger partial charge in [0.25, 0.3) is 0 Å². The molecule has 0 aromatic carbocycles. The van der Waals surface area contributed by atoms with Crippen LogP contribution in [0.4, 0.5) is 15.6 Å². The number of piperazine rings is 1. The number of carbonyl (C=O) groups excluding carboxylic acids is 1. The maximum absolute atomic E-state index is 12.8. The molecule has 0 bridgehead atoms. The Hall–Kier alpha value is -4.73. The Balaban J connectivity index is 1.34. The van der Waals surface area contributed by atoms with Gasteiger partial charge in [-0.1, -0.05) is 11.1 Å². The molecule has 14 nitrogen and oxygen atoms in total. The molecule has 3 aliphatic rings. The molecular weight excluding hydrogens is 681 g/mol. The van der Waals surface area contributed by atoms with Crippen molar-refractivity contribution in [3.63, 3.8) is 0 Å². The third kappa shape index (κ3) is 7.86. The normalized spacial score (nSPS) is 21.3. The van der Waals surface area contributed by atoms with Crippen LogP contribution < -0.4 is 9.64 Å². The second-order valence-electron chi connectivity index (χ2n) is 15.0. The van der Waals surface area contributed by atoms with Crippen LogP contribution in [0.25, 0.3) is 11.5 Å². The zero-order valence-corrected chi connectivity index (χ0v) is 32.2. The van der Waals surface area contributed by atoms with E-state index in [1.807, 2.05) is 45.8 Å². The number of aryl methyl sites for hydroxylation is 1. The minimum atomic E-state index is -0.686. The molecule has 276 valence electrons. The number of hydrogen-bond donors (Lipinski definition) is 0. The van der Waals surface area contributed by atoms with Crippen LogP contribution in [0.3, 0.4) is 0 Å². The Morgan fingerprint density at radius 2 is 1.96 bits per heavy atom. The van der Waals surface area contributed by atoms with Gasteiger partial charge in [0.15, 0.2) is 6.10 Å². The van der Waals surface area contributed by atoms with Crippen LogP contribution in [0.2, 0.25) is 0 Å². The van der Waals surface area contributed by atoms with Gasteiger partial charge in [-0.25, -0.2) is 9.79 Å². The number of hydrogen-bond acceptors (Lipinski definition) is 13. The summed E-state index contributed by atoms with van der Waals surface area (Å²) < 4.78 is 18.1. The average molecular weight is 729 g/mol. The average Bonchev–Trinajstić information content (AvgIpc) is 3.86. The van der Waals surface area contributed by atoms with Crippen LogP contribution in [0.5, 0.6) is 6.01 Å². The van der Waals surface area contributed by atoms with Crippen molar-refractivity contribution in [2.75, 3.05) is 58.8 Å². The number of nitrogens with zero attached hydrogens (tertiary/aromatic N) is 10. The molecule has 0 saturated carbocycles. The minimum Gasteiger partial charge on any atom is -0.445 e. The third-order valence-electron chi connectivity index (χ3n) is 9.63. The number of thiophene rings is 1. The maximum atomic E-state index is 12.8. The summed E-state index contributed by atoms with van der Waals surface area (Å²) in [5.74, 6) is 7.59. The molecular formula is C37H48N10O4S. The van der Waals surface area contributed by atoms with Gasteiger partial charge in [0.1, 0.15) is 28.2 Å². The number of carbonyl (C=O) groups is 1. The van der Waals surface area contributed by atoms with Gasteiger partial charge in [0.05, 0.1) is 23.4 Å². The van der Waals surface area contributed by atoms with E-state index in [0.29, 0.717) is 60.0 Å². The van der Waals surface area contributed by atoms with E-state index < -0.39 is 17.1 Å². The van der Waals surface area contributed by atoms with Gasteiger partial charge in [-0.2, -0.15) is 20.2 Å². The second kappa shape index (κ2) is 15.1. The molecule has 2 fully saturated rings. The number of aromatic nitrogens is 4. The first-order valence-electron chi connectivity index (χ1n) is 17.8. The number of fused-ring (bicyclic) bond motifs is 1. The van der Waals surface area contributed by atoms with Crippen LogP contribution >= 0.6 is 11.3 Å². The van der Waals surface area contributed by atoms with Crippen LogP contribution in [0, 0.1) is 23.2 Å². The number of anilines is 1. The molecule has 0 radical (unpaired) electrons. The summed E-state index contributed by atoms with van der Waals surface area (Å²) in [7, 11) is 5.88. The monoisotopic (exact) mass is 728 g/mol. The zero-order chi connectivity index (χ0) is 37.2. The minimum absolute atomic E-state index is 0.102. The smallest absolute Gasteiger partial charge is 0.410 e. The molecule has 1 amide bonds. The Morgan fingerprint density at radius 1 is 1.19 bits per heavy atom. The van der Waals surface area contributed by atoms with E-state index in [-0.39, 0.29) is 18.1 Å². The van der Waals surface area contributed by atoms with E-state index in [4.69, 9.17) is 28.9 Å². The molecule has 2 aliphatic heterocycles. The van der Waals surface area contributed by atoms with Crippen molar-refractivity contribution >= 4 is 34.6 Å². The lowest BCUT2D eigenvalue weighted by molar-refractivity contribution is 0.0240. The van der Waals surface area contributed by atoms with Crippen molar-refractivity contribution in [2.24, 2.45) is 4.99 Å². The van der Waals surface area contributed by atoms with Gasteiger partial charge >= 0.3 is 12.1 Å². The number of likely N-dealkylation sites (N-methyl/N-ethyl adjacent to an activating group) is 1. The molecule has 1 aliphatic carbocycles. The summed E-state index contributed by atoms with van der Waals surface area (Å²) >= 11 is 1.55. The summed E-state index contributed by atoms with van der Waals surface area (Å²) in [5.41, 5.74) is 0.632. The van der Waals surface area contributed by atoms with E-state index in [1.54, 1.807) is 29.5 Å². The van der Waals surface area contributed by atoms with E-state index in [0.717, 1.165) is 49.1 Å². The summed E-state index contributed by atoms with van der Waals surface area (Å²) in [6.45, 7) is 12.4. The predicted molar refractivity (Wildman–Crippen MR) is 199 cm³/mol. The molecule has 3 atom stereocenters. The molecule has 15 heteroatoms. The topological polar surface area (TPSA) is 149 Å². The van der Waals surface area contributed by atoms with Crippen molar-refractivity contribution < 1.29 is 18.8 Å². The fraction of sp³-hybridized carbons (Fsp3) is 0.595. The molecule has 3 aromatic heterocycles. The van der Waals surface area contributed by atoms with Gasteiger partial charge in [-0.05, 0) is 80.3 Å². The number of amides is 1. The standard InChI is InChI=1S/C37H48N10O4S/c1-9-12-27(26-13-11-16-45(26)8)49-34-40-25(21-29(41-34)46-17-19-47(20-18-46)35(48)50-36(2,3)4)31-42-33(51-43-31)37(5)15-10-14-28-30(37)24(22-38)32(52-28)39-23-44(6)7/h21,23,26-27H,10-11,13-20H2,1-8H3/b39-23+/t26-,27-,37-/m0/s1. The van der Waals surface area contributed by atoms with Crippen molar-refractivity contribution in [3.05, 3.63) is 28.0 Å². The van der Waals surface area contributed by atoms with E-state index >= 15 is 0 Å². The highest BCUT2D eigenvalue weighted by Gasteiger charge is 2.43. The Morgan fingerprint density at radius 3 is 2.62 bits per heavy atom. The van der Waals surface area contributed by atoms with E-state index in [1.165, 1.54) is 0 Å². The fourth-order valence-corrected chi connectivity index (χ4v) is 8.30. The first-order valence-corrected chi connectivity index (χ1v) is 18.6. The van der Waals surface area contributed by atoms with Gasteiger partial charge in [-0.3, -0.25) is 4.90 Å². The molecule has 0 N–H and O–H groups in total. The molecule has 2 saturated heterocycles. The Labute approximate surface area is 309 Å². The summed E-state index contributed by atoms with van der Waals surface area (Å²) in [6.07, 6.45) is 5.47. The SMILES string of the molecule is CC#C[C@H](Oc1nc(-c2noc([C@@]3(C)CCCc4sc(/N=C/N(C)C)c(C#N)c43)n2)cc(N2CCN(C(=O)OC(C)(C)C)CC2)n1)[C@@H]1CCCN1C. The molecule has 0 spiro atoms. The van der Waals surface area contributed by atoms with Gasteiger partial charge < -0.3 is 28.7 Å². The molecule has 5 heterocycles. The number of ether oxygens (including phenoxy) is 2. The fourth-order valence-electron chi connectivity index (χ4n) is 7.05. The predicted octanol–water partition coefficient (Wildman–Crippen LogP) is 5.25. The van der Waals surface area contributed by atoms with Crippen molar-refractivity contribution in [1.82, 2.24) is 34.8 Å². The Kier molecular flexibility index (Phi) is 10.7. The highest BCUT2D eigenvalue weighted by Crippen LogP contribution is 2.50. The second-order valence-corrected chi connectivity index (χ2v) is 16.1. The molecule has 3 aromatic rings. The van der Waals surface area contributed by atoms with Gasteiger partial charge in [0.2, 0.25) is 11.7 Å². The van der Waals surface area contributed by atoms with Crippen molar-refractivity contribution in [1.29, 1.82) is 5.26 Å². The first kappa shape index (κ1) is 37.0. The first-order chi connectivity index (χ1) is 24.8. The van der Waals surface area contributed by atoms with Crippen LogP contribution in [0.1, 0.15) is 82.2 Å². The number of rotatable bonds is 8. The third-order valence-corrected chi connectivity index (χ3v) is 10.8. The number of aliphatic imine (C=N–C) groups is 1. The molecule has 52 heavy (non-hydrogen) atoms. The molecule has 0 unspecified atom stereocenters. The summed E-state index contributed by atoms with van der Waals surface area (Å²) in [4.78, 5) is 41.0. The molecule has 6 rings (SSSR count). The lowest BCUT2D eigenvalue weighted by atomic mass is 9.72. The van der Waals surface area contributed by atoms with Gasteiger partial charge in [0, 0.05) is 56.8 Å². The highest BCUT2D eigenvalue weighted by atomic mass is 32.1. The highest BCUT2D eigenvalue weighted by molar-refractivity contribution is 7.16.